The van der Waals surface area contributed by atoms with Gasteiger partial charge >= 0.3 is 6.09 Å². The Morgan fingerprint density at radius 2 is 1.83 bits per heavy atom. The van der Waals surface area contributed by atoms with Gasteiger partial charge in [-0.1, -0.05) is 6.92 Å². The molecule has 2 amide bonds. The van der Waals surface area contributed by atoms with E-state index in [4.69, 9.17) is 4.74 Å². The zero-order chi connectivity index (χ0) is 17.5. The van der Waals surface area contributed by atoms with Crippen molar-refractivity contribution in [1.82, 2.24) is 19.8 Å². The molecule has 24 heavy (non-hydrogen) atoms. The zero-order valence-corrected chi connectivity index (χ0v) is 14.5. The minimum Gasteiger partial charge on any atom is -0.450 e. The first-order valence-electron chi connectivity index (χ1n) is 8.34. The van der Waals surface area contributed by atoms with E-state index in [9.17, 15) is 9.59 Å². The van der Waals surface area contributed by atoms with E-state index in [0.717, 1.165) is 6.42 Å². The topological polar surface area (TPSA) is 87.7 Å². The second-order valence-electron chi connectivity index (χ2n) is 5.72. The number of anilines is 1. The fraction of sp³-hybridized carbons (Fsp3) is 0.625. The maximum absolute atomic E-state index is 12.5. The number of rotatable bonds is 5. The van der Waals surface area contributed by atoms with Gasteiger partial charge in [0, 0.05) is 32.2 Å². The Hall–Kier alpha value is -2.38. The average Bonchev–Trinajstić information content (AvgIpc) is 2.62. The fourth-order valence-electron chi connectivity index (χ4n) is 2.34. The molecule has 1 unspecified atom stereocenters. The predicted octanol–water partition coefficient (Wildman–Crippen LogP) is 1.60. The lowest BCUT2D eigenvalue weighted by Gasteiger charge is -2.33. The molecule has 0 aliphatic carbocycles. The molecule has 1 aliphatic rings. The number of aromatic nitrogens is 2. The molecule has 132 valence electrons. The Balaban J connectivity index is 1.89. The molecule has 2 rings (SSSR count). The van der Waals surface area contributed by atoms with Crippen molar-refractivity contribution in [3.8, 4) is 0 Å². The smallest absolute Gasteiger partial charge is 0.409 e. The lowest BCUT2D eigenvalue weighted by atomic mass is 10.2. The molecule has 0 bridgehead atoms. The Morgan fingerprint density at radius 3 is 2.38 bits per heavy atom. The van der Waals surface area contributed by atoms with Crippen molar-refractivity contribution in [2.24, 2.45) is 0 Å². The molecule has 1 atom stereocenters. The maximum Gasteiger partial charge on any atom is 0.409 e. The third-order valence-corrected chi connectivity index (χ3v) is 3.97. The molecule has 8 nitrogen and oxygen atoms in total. The summed E-state index contributed by atoms with van der Waals surface area (Å²) in [4.78, 5) is 35.9. The largest absolute Gasteiger partial charge is 0.450 e. The quantitative estimate of drug-likeness (QED) is 0.879. The van der Waals surface area contributed by atoms with Gasteiger partial charge in [-0.25, -0.2) is 14.8 Å². The van der Waals surface area contributed by atoms with Gasteiger partial charge in [0.2, 0.25) is 0 Å². The van der Waals surface area contributed by atoms with Gasteiger partial charge in [-0.05, 0) is 20.3 Å². The Bertz CT molecular complexity index is 555. The second-order valence-corrected chi connectivity index (χ2v) is 5.72. The summed E-state index contributed by atoms with van der Waals surface area (Å²) in [6.45, 7) is 8.12. The van der Waals surface area contributed by atoms with Crippen molar-refractivity contribution in [1.29, 1.82) is 0 Å². The van der Waals surface area contributed by atoms with Crippen LogP contribution in [0.5, 0.6) is 0 Å². The highest BCUT2D eigenvalue weighted by Gasteiger charge is 2.26. The third kappa shape index (κ3) is 4.56. The van der Waals surface area contributed by atoms with Crippen molar-refractivity contribution in [2.75, 3.05) is 38.1 Å². The summed E-state index contributed by atoms with van der Waals surface area (Å²) in [5.74, 6) is 0.495. The highest BCUT2D eigenvalue weighted by molar-refractivity contribution is 5.92. The highest BCUT2D eigenvalue weighted by atomic mass is 16.6. The first kappa shape index (κ1) is 18.0. The molecule has 1 N–H and O–H groups in total. The van der Waals surface area contributed by atoms with Gasteiger partial charge in [-0.15, -0.1) is 0 Å². The van der Waals surface area contributed by atoms with Gasteiger partial charge in [0.1, 0.15) is 11.5 Å². The second kappa shape index (κ2) is 8.47. The van der Waals surface area contributed by atoms with Crippen LogP contribution in [0.25, 0.3) is 0 Å². The van der Waals surface area contributed by atoms with Crippen LogP contribution in [-0.2, 0) is 4.74 Å². The number of piperazine rings is 1. The summed E-state index contributed by atoms with van der Waals surface area (Å²) in [7, 11) is 0. The van der Waals surface area contributed by atoms with E-state index >= 15 is 0 Å². The molecule has 0 spiro atoms. The Labute approximate surface area is 142 Å². The predicted molar refractivity (Wildman–Crippen MR) is 89.9 cm³/mol. The first-order valence-corrected chi connectivity index (χ1v) is 8.34. The Morgan fingerprint density at radius 1 is 1.17 bits per heavy atom. The van der Waals surface area contributed by atoms with Crippen LogP contribution in [0.15, 0.2) is 12.4 Å². The van der Waals surface area contributed by atoms with Crippen molar-refractivity contribution in [3.05, 3.63) is 18.1 Å². The molecule has 1 aliphatic heterocycles. The minimum atomic E-state index is -0.329. The molecule has 1 aromatic heterocycles. The van der Waals surface area contributed by atoms with Crippen molar-refractivity contribution in [2.45, 2.75) is 33.2 Å². The molecule has 0 saturated carbocycles. The standard InChI is InChI=1S/C16H25N5O3/c1-4-12(3)19-14-11-17-13(10-18-14)15(22)20-6-8-21(9-7-20)16(23)24-5-2/h10-12H,4-9H2,1-3H3,(H,18,19). The van der Waals surface area contributed by atoms with Gasteiger partial charge < -0.3 is 19.9 Å². The summed E-state index contributed by atoms with van der Waals surface area (Å²) in [6.07, 6.45) is 3.72. The van der Waals surface area contributed by atoms with E-state index in [1.54, 1.807) is 22.9 Å². The summed E-state index contributed by atoms with van der Waals surface area (Å²) in [6, 6.07) is 0.303. The molecular weight excluding hydrogens is 310 g/mol. The lowest BCUT2D eigenvalue weighted by Crippen LogP contribution is -2.50. The van der Waals surface area contributed by atoms with Crippen LogP contribution in [0.3, 0.4) is 0 Å². The SMILES string of the molecule is CCOC(=O)N1CCN(C(=O)c2cnc(NC(C)CC)cn2)CC1. The third-order valence-electron chi connectivity index (χ3n) is 3.97. The van der Waals surface area contributed by atoms with Crippen LogP contribution in [0.1, 0.15) is 37.7 Å². The number of hydrogen-bond donors (Lipinski definition) is 1. The number of carbonyl (C=O) groups excluding carboxylic acids is 2. The van der Waals surface area contributed by atoms with Crippen LogP contribution >= 0.6 is 0 Å². The molecule has 0 aromatic carbocycles. The van der Waals surface area contributed by atoms with E-state index in [1.807, 2.05) is 0 Å². The minimum absolute atomic E-state index is 0.166. The average molecular weight is 335 g/mol. The monoisotopic (exact) mass is 335 g/mol. The number of nitrogens with zero attached hydrogens (tertiary/aromatic N) is 4. The van der Waals surface area contributed by atoms with E-state index in [-0.39, 0.29) is 12.0 Å². The molecule has 2 heterocycles. The summed E-state index contributed by atoms with van der Waals surface area (Å²) in [5.41, 5.74) is 0.314. The molecule has 1 saturated heterocycles. The van der Waals surface area contributed by atoms with Gasteiger partial charge in [0.25, 0.3) is 5.91 Å². The fourth-order valence-corrected chi connectivity index (χ4v) is 2.34. The molecular formula is C16H25N5O3. The number of ether oxygens (including phenoxy) is 1. The van der Waals surface area contributed by atoms with Crippen LogP contribution in [0.2, 0.25) is 0 Å². The normalized spacial score (nSPS) is 15.8. The van der Waals surface area contributed by atoms with Crippen LogP contribution in [-0.4, -0.2) is 70.6 Å². The number of hydrogen-bond acceptors (Lipinski definition) is 6. The number of carbonyl (C=O) groups is 2. The first-order chi connectivity index (χ1) is 11.5. The Kier molecular flexibility index (Phi) is 6.34. The summed E-state index contributed by atoms with van der Waals surface area (Å²) in [5, 5.41) is 3.21. The summed E-state index contributed by atoms with van der Waals surface area (Å²) >= 11 is 0. The van der Waals surface area contributed by atoms with E-state index in [0.29, 0.717) is 50.3 Å². The molecule has 1 aromatic rings. The van der Waals surface area contributed by atoms with Gasteiger partial charge in [-0.3, -0.25) is 4.79 Å². The maximum atomic E-state index is 12.5. The number of nitrogens with one attached hydrogen (secondary N) is 1. The van der Waals surface area contributed by atoms with Crippen LogP contribution < -0.4 is 5.32 Å². The van der Waals surface area contributed by atoms with Crippen LogP contribution in [0.4, 0.5) is 10.6 Å². The lowest BCUT2D eigenvalue weighted by molar-refractivity contribution is 0.0565. The van der Waals surface area contributed by atoms with Crippen molar-refractivity contribution >= 4 is 17.8 Å². The van der Waals surface area contributed by atoms with Gasteiger partial charge in [0.15, 0.2) is 0 Å². The van der Waals surface area contributed by atoms with E-state index < -0.39 is 0 Å². The van der Waals surface area contributed by atoms with E-state index in [2.05, 4.69) is 29.1 Å². The highest BCUT2D eigenvalue weighted by Crippen LogP contribution is 2.10. The van der Waals surface area contributed by atoms with E-state index in [1.165, 1.54) is 6.20 Å². The van der Waals surface area contributed by atoms with Crippen molar-refractivity contribution < 1.29 is 14.3 Å². The summed E-state index contributed by atoms with van der Waals surface area (Å²) < 4.78 is 4.97. The molecule has 8 heteroatoms. The molecule has 0 radical (unpaired) electrons. The van der Waals surface area contributed by atoms with Gasteiger partial charge in [-0.2, -0.15) is 0 Å². The van der Waals surface area contributed by atoms with Gasteiger partial charge in [0.05, 0.1) is 19.0 Å². The molecule has 1 fully saturated rings. The van der Waals surface area contributed by atoms with Crippen molar-refractivity contribution in [3.63, 3.8) is 0 Å². The zero-order valence-electron chi connectivity index (χ0n) is 14.5. The van der Waals surface area contributed by atoms with Crippen LogP contribution in [0, 0.1) is 0 Å². The number of amides is 2.